The molecule has 1 saturated carbocycles. The highest BCUT2D eigenvalue weighted by atomic mass is 15.1. The number of benzene rings is 2. The van der Waals surface area contributed by atoms with Crippen LogP contribution in [0.4, 0.5) is 0 Å². The van der Waals surface area contributed by atoms with E-state index in [0.717, 1.165) is 25.0 Å². The Bertz CT molecular complexity index is 650. The molecule has 2 nitrogen and oxygen atoms in total. The summed E-state index contributed by atoms with van der Waals surface area (Å²) in [4.78, 5) is 0. The smallest absolute Gasteiger partial charge is 0.0891 e. The third kappa shape index (κ3) is 3.34. The lowest BCUT2D eigenvalue weighted by Crippen LogP contribution is -2.14. The van der Waals surface area contributed by atoms with Gasteiger partial charge in [0.05, 0.1) is 5.71 Å². The maximum Gasteiger partial charge on any atom is 0.0891 e. The van der Waals surface area contributed by atoms with Crippen molar-refractivity contribution >= 4 is 17.9 Å². The van der Waals surface area contributed by atoms with Crippen LogP contribution in [0, 0.1) is 0 Å². The second-order valence-electron chi connectivity index (χ2n) is 5.49. The molecule has 0 spiro atoms. The maximum atomic E-state index is 5.70. The van der Waals surface area contributed by atoms with Gasteiger partial charge in [-0.05, 0) is 53.7 Å². The first-order valence-corrected chi connectivity index (χ1v) is 7.66. The molecule has 0 heterocycles. The van der Waals surface area contributed by atoms with Gasteiger partial charge in [-0.2, -0.15) is 5.10 Å². The number of hydrazone groups is 1. The summed E-state index contributed by atoms with van der Waals surface area (Å²) < 4.78 is 0. The minimum Gasteiger partial charge on any atom is -0.323 e. The normalized spacial score (nSPS) is 20.6. The van der Waals surface area contributed by atoms with Crippen molar-refractivity contribution < 1.29 is 0 Å². The second kappa shape index (κ2) is 6.90. The molecule has 110 valence electrons. The Morgan fingerprint density at radius 1 is 0.727 bits per heavy atom. The number of hydrogen-bond acceptors (Lipinski definition) is 2. The minimum atomic E-state index is 0.943. The number of nitrogens with two attached hydrogens (primary N) is 1. The van der Waals surface area contributed by atoms with Crippen LogP contribution in [0.1, 0.15) is 30.4 Å². The van der Waals surface area contributed by atoms with Crippen molar-refractivity contribution in [3.63, 3.8) is 0 Å². The zero-order chi connectivity index (χ0) is 15.2. The first-order valence-electron chi connectivity index (χ1n) is 7.66. The number of nitrogens with zero attached hydrogens (tertiary/aromatic N) is 1. The standard InChI is InChI=1S/C20H20N2/c21-22-20-18(14-16-8-3-1-4-9-16)12-7-13-19(20)15-17-10-5-2-6-11-17/h1-6,8-11,14-15H,7,12-13,21H2/b18-14-,19-15+,22-20?. The van der Waals surface area contributed by atoms with Gasteiger partial charge in [-0.15, -0.1) is 0 Å². The molecule has 1 fully saturated rings. The summed E-state index contributed by atoms with van der Waals surface area (Å²) in [5, 5.41) is 4.08. The van der Waals surface area contributed by atoms with E-state index in [1.165, 1.54) is 22.3 Å². The van der Waals surface area contributed by atoms with Gasteiger partial charge < -0.3 is 5.84 Å². The summed E-state index contributed by atoms with van der Waals surface area (Å²) in [5.74, 6) is 5.70. The first-order chi connectivity index (χ1) is 10.9. The molecule has 0 unspecified atom stereocenters. The SMILES string of the molecule is NN=C1/C(=C\c2ccccc2)CCC/C1=C\c1ccccc1. The first kappa shape index (κ1) is 14.3. The fourth-order valence-electron chi connectivity index (χ4n) is 2.86. The summed E-state index contributed by atoms with van der Waals surface area (Å²) in [5.41, 5.74) is 5.78. The summed E-state index contributed by atoms with van der Waals surface area (Å²) in [6.07, 6.45) is 7.58. The highest BCUT2D eigenvalue weighted by Gasteiger charge is 2.18. The number of allylic oxidation sites excluding steroid dienone is 2. The average molecular weight is 288 g/mol. The van der Waals surface area contributed by atoms with Crippen molar-refractivity contribution in [2.45, 2.75) is 19.3 Å². The van der Waals surface area contributed by atoms with Crippen LogP contribution in [0.2, 0.25) is 0 Å². The number of rotatable bonds is 2. The van der Waals surface area contributed by atoms with Crippen molar-refractivity contribution in [2.24, 2.45) is 10.9 Å². The molecule has 0 aromatic heterocycles. The molecule has 0 bridgehead atoms. The highest BCUT2D eigenvalue weighted by molar-refractivity contribution is 6.17. The molecule has 2 heteroatoms. The van der Waals surface area contributed by atoms with Crippen LogP contribution in [0.5, 0.6) is 0 Å². The molecule has 22 heavy (non-hydrogen) atoms. The predicted octanol–water partition coefficient (Wildman–Crippen LogP) is 4.65. The Labute approximate surface area is 131 Å². The fourth-order valence-corrected chi connectivity index (χ4v) is 2.86. The fraction of sp³-hybridized carbons (Fsp3) is 0.150. The molecule has 0 saturated heterocycles. The van der Waals surface area contributed by atoms with E-state index in [-0.39, 0.29) is 0 Å². The summed E-state index contributed by atoms with van der Waals surface area (Å²) >= 11 is 0. The van der Waals surface area contributed by atoms with E-state index in [4.69, 9.17) is 5.84 Å². The van der Waals surface area contributed by atoms with Crippen LogP contribution in [-0.4, -0.2) is 5.71 Å². The molecule has 1 aliphatic rings. The van der Waals surface area contributed by atoms with Crippen LogP contribution in [-0.2, 0) is 0 Å². The molecule has 2 aromatic carbocycles. The monoisotopic (exact) mass is 288 g/mol. The van der Waals surface area contributed by atoms with Crippen LogP contribution in [0.25, 0.3) is 12.2 Å². The summed E-state index contributed by atoms with van der Waals surface area (Å²) in [6.45, 7) is 0. The predicted molar refractivity (Wildman–Crippen MR) is 94.3 cm³/mol. The molecule has 0 aliphatic heterocycles. The van der Waals surface area contributed by atoms with Crippen molar-refractivity contribution in [2.75, 3.05) is 0 Å². The molecule has 3 rings (SSSR count). The Morgan fingerprint density at radius 2 is 1.18 bits per heavy atom. The van der Waals surface area contributed by atoms with Gasteiger partial charge in [0.1, 0.15) is 0 Å². The van der Waals surface area contributed by atoms with Crippen LogP contribution in [0.15, 0.2) is 76.9 Å². The topological polar surface area (TPSA) is 38.4 Å². The quantitative estimate of drug-likeness (QED) is 0.634. The Kier molecular flexibility index (Phi) is 4.50. The van der Waals surface area contributed by atoms with E-state index in [0.29, 0.717) is 0 Å². The van der Waals surface area contributed by atoms with Crippen LogP contribution >= 0.6 is 0 Å². The zero-order valence-electron chi connectivity index (χ0n) is 12.6. The van der Waals surface area contributed by atoms with E-state index in [2.05, 4.69) is 65.8 Å². The van der Waals surface area contributed by atoms with Gasteiger partial charge in [-0.3, -0.25) is 0 Å². The summed E-state index contributed by atoms with van der Waals surface area (Å²) in [7, 11) is 0. The Hall–Kier alpha value is -2.61. The molecule has 1 aliphatic carbocycles. The van der Waals surface area contributed by atoms with Gasteiger partial charge in [0, 0.05) is 0 Å². The molecule has 2 aromatic rings. The van der Waals surface area contributed by atoms with Crippen LogP contribution < -0.4 is 5.84 Å². The molecule has 0 radical (unpaired) electrons. The molecular weight excluding hydrogens is 268 g/mol. The number of hydrogen-bond donors (Lipinski definition) is 1. The lowest BCUT2D eigenvalue weighted by molar-refractivity contribution is 0.815. The minimum absolute atomic E-state index is 0.943. The van der Waals surface area contributed by atoms with Gasteiger partial charge in [0.15, 0.2) is 0 Å². The van der Waals surface area contributed by atoms with Gasteiger partial charge in [0.2, 0.25) is 0 Å². The zero-order valence-corrected chi connectivity index (χ0v) is 12.6. The van der Waals surface area contributed by atoms with E-state index in [1.54, 1.807) is 0 Å². The van der Waals surface area contributed by atoms with Gasteiger partial charge >= 0.3 is 0 Å². The highest BCUT2D eigenvalue weighted by Crippen LogP contribution is 2.28. The van der Waals surface area contributed by atoms with Crippen LogP contribution in [0.3, 0.4) is 0 Å². The Balaban J connectivity index is 1.94. The molecular formula is C20H20N2. The molecule has 2 N–H and O–H groups in total. The van der Waals surface area contributed by atoms with Gasteiger partial charge in [0.25, 0.3) is 0 Å². The van der Waals surface area contributed by atoms with E-state index in [1.807, 2.05) is 12.1 Å². The van der Waals surface area contributed by atoms with Crippen molar-refractivity contribution in [1.29, 1.82) is 0 Å². The lowest BCUT2D eigenvalue weighted by Gasteiger charge is -2.20. The molecule has 0 amide bonds. The van der Waals surface area contributed by atoms with E-state index < -0.39 is 0 Å². The average Bonchev–Trinajstić information content (AvgIpc) is 2.57. The van der Waals surface area contributed by atoms with Crippen molar-refractivity contribution in [3.05, 3.63) is 82.9 Å². The molecule has 0 atom stereocenters. The van der Waals surface area contributed by atoms with Crippen molar-refractivity contribution in [1.82, 2.24) is 0 Å². The third-order valence-electron chi connectivity index (χ3n) is 3.91. The second-order valence-corrected chi connectivity index (χ2v) is 5.49. The van der Waals surface area contributed by atoms with Crippen molar-refractivity contribution in [3.8, 4) is 0 Å². The summed E-state index contributed by atoms with van der Waals surface area (Å²) in [6, 6.07) is 20.7. The van der Waals surface area contributed by atoms with Gasteiger partial charge in [-0.1, -0.05) is 60.7 Å². The Morgan fingerprint density at radius 3 is 1.59 bits per heavy atom. The third-order valence-corrected chi connectivity index (χ3v) is 3.91. The maximum absolute atomic E-state index is 5.70. The van der Waals surface area contributed by atoms with E-state index in [9.17, 15) is 0 Å². The van der Waals surface area contributed by atoms with E-state index >= 15 is 0 Å². The largest absolute Gasteiger partial charge is 0.323 e. The lowest BCUT2D eigenvalue weighted by atomic mass is 9.86. The van der Waals surface area contributed by atoms with Gasteiger partial charge in [-0.25, -0.2) is 0 Å².